The molecule has 20 heavy (non-hydrogen) atoms. The SMILES string of the molecule is CCCOC1CCCN(C(=O)Cc2ccc(S)cc2)C1. The molecule has 1 aliphatic rings. The first kappa shape index (κ1) is 15.4. The highest BCUT2D eigenvalue weighted by Crippen LogP contribution is 2.16. The van der Waals surface area contributed by atoms with Crippen molar-refractivity contribution in [1.29, 1.82) is 0 Å². The number of ether oxygens (including phenoxy) is 1. The van der Waals surface area contributed by atoms with E-state index in [1.807, 2.05) is 29.2 Å². The molecule has 1 fully saturated rings. The van der Waals surface area contributed by atoms with E-state index in [0.717, 1.165) is 49.4 Å². The molecule has 0 aliphatic carbocycles. The van der Waals surface area contributed by atoms with Gasteiger partial charge in [-0.15, -0.1) is 12.6 Å². The zero-order valence-corrected chi connectivity index (χ0v) is 12.9. The molecule has 1 atom stereocenters. The number of piperidine rings is 1. The number of carbonyl (C=O) groups is 1. The third-order valence-electron chi connectivity index (χ3n) is 3.58. The van der Waals surface area contributed by atoms with Gasteiger partial charge in [0, 0.05) is 24.6 Å². The molecule has 2 rings (SSSR count). The molecule has 0 saturated carbocycles. The lowest BCUT2D eigenvalue weighted by Crippen LogP contribution is -2.44. The highest BCUT2D eigenvalue weighted by atomic mass is 32.1. The number of thiol groups is 1. The lowest BCUT2D eigenvalue weighted by atomic mass is 10.1. The minimum Gasteiger partial charge on any atom is -0.376 e. The minimum absolute atomic E-state index is 0.196. The maximum absolute atomic E-state index is 12.3. The van der Waals surface area contributed by atoms with Crippen LogP contribution >= 0.6 is 12.6 Å². The third-order valence-corrected chi connectivity index (χ3v) is 3.88. The molecule has 0 spiro atoms. The molecule has 0 radical (unpaired) electrons. The van der Waals surface area contributed by atoms with Crippen molar-refractivity contribution in [2.24, 2.45) is 0 Å². The van der Waals surface area contributed by atoms with Gasteiger partial charge in [0.05, 0.1) is 12.5 Å². The van der Waals surface area contributed by atoms with Gasteiger partial charge < -0.3 is 9.64 Å². The largest absolute Gasteiger partial charge is 0.376 e. The van der Waals surface area contributed by atoms with Gasteiger partial charge >= 0.3 is 0 Å². The number of amides is 1. The van der Waals surface area contributed by atoms with Crippen molar-refractivity contribution < 1.29 is 9.53 Å². The second kappa shape index (κ2) is 7.70. The Morgan fingerprint density at radius 1 is 1.40 bits per heavy atom. The first-order valence-electron chi connectivity index (χ1n) is 7.36. The molecule has 3 nitrogen and oxygen atoms in total. The van der Waals surface area contributed by atoms with Crippen molar-refractivity contribution in [3.63, 3.8) is 0 Å². The molecule has 1 aromatic rings. The summed E-state index contributed by atoms with van der Waals surface area (Å²) in [6, 6.07) is 7.79. The Balaban J connectivity index is 1.86. The van der Waals surface area contributed by atoms with Gasteiger partial charge in [-0.2, -0.15) is 0 Å². The normalized spacial score (nSPS) is 19.1. The summed E-state index contributed by atoms with van der Waals surface area (Å²) in [6.45, 7) is 4.49. The molecule has 110 valence electrons. The number of carbonyl (C=O) groups excluding carboxylic acids is 1. The molecule has 4 heteroatoms. The van der Waals surface area contributed by atoms with E-state index in [2.05, 4.69) is 19.6 Å². The summed E-state index contributed by atoms with van der Waals surface area (Å²) < 4.78 is 5.77. The number of hydrogen-bond acceptors (Lipinski definition) is 3. The summed E-state index contributed by atoms with van der Waals surface area (Å²) in [4.78, 5) is 15.2. The van der Waals surface area contributed by atoms with Crippen LogP contribution in [0.4, 0.5) is 0 Å². The first-order valence-corrected chi connectivity index (χ1v) is 7.81. The Hall–Kier alpha value is -1.00. The van der Waals surface area contributed by atoms with Crippen LogP contribution in [-0.2, 0) is 16.0 Å². The zero-order valence-electron chi connectivity index (χ0n) is 12.0. The van der Waals surface area contributed by atoms with Crippen LogP contribution in [-0.4, -0.2) is 36.6 Å². The highest BCUT2D eigenvalue weighted by molar-refractivity contribution is 7.80. The molecule has 1 amide bonds. The number of rotatable bonds is 5. The smallest absolute Gasteiger partial charge is 0.227 e. The van der Waals surface area contributed by atoms with Crippen LogP contribution < -0.4 is 0 Å². The third kappa shape index (κ3) is 4.53. The van der Waals surface area contributed by atoms with Crippen molar-refractivity contribution in [2.45, 2.75) is 43.6 Å². The van der Waals surface area contributed by atoms with Crippen LogP contribution in [0.3, 0.4) is 0 Å². The van der Waals surface area contributed by atoms with E-state index < -0.39 is 0 Å². The van der Waals surface area contributed by atoms with Crippen molar-refractivity contribution in [3.8, 4) is 0 Å². The van der Waals surface area contributed by atoms with Crippen LogP contribution in [0.2, 0.25) is 0 Å². The van der Waals surface area contributed by atoms with Crippen LogP contribution in [0.15, 0.2) is 29.2 Å². The van der Waals surface area contributed by atoms with E-state index in [1.54, 1.807) is 0 Å². The van der Waals surface area contributed by atoms with Crippen molar-refractivity contribution in [3.05, 3.63) is 29.8 Å². The fourth-order valence-electron chi connectivity index (χ4n) is 2.49. The number of hydrogen-bond donors (Lipinski definition) is 1. The molecule has 1 unspecified atom stereocenters. The van der Waals surface area contributed by atoms with Crippen molar-refractivity contribution in [1.82, 2.24) is 4.90 Å². The summed E-state index contributed by atoms with van der Waals surface area (Å²) in [7, 11) is 0. The minimum atomic E-state index is 0.196. The van der Waals surface area contributed by atoms with Crippen LogP contribution in [0.25, 0.3) is 0 Å². The second-order valence-corrected chi connectivity index (χ2v) is 5.83. The van der Waals surface area contributed by atoms with E-state index in [-0.39, 0.29) is 12.0 Å². The van der Waals surface area contributed by atoms with Crippen LogP contribution in [0.5, 0.6) is 0 Å². The summed E-state index contributed by atoms with van der Waals surface area (Å²) in [5.41, 5.74) is 1.05. The monoisotopic (exact) mass is 293 g/mol. The summed E-state index contributed by atoms with van der Waals surface area (Å²) in [5, 5.41) is 0. The lowest BCUT2D eigenvalue weighted by molar-refractivity contribution is -0.134. The second-order valence-electron chi connectivity index (χ2n) is 5.32. The number of nitrogens with zero attached hydrogens (tertiary/aromatic N) is 1. The van der Waals surface area contributed by atoms with Gasteiger partial charge in [-0.25, -0.2) is 0 Å². The van der Waals surface area contributed by atoms with Gasteiger partial charge in [0.25, 0.3) is 0 Å². The number of benzene rings is 1. The first-order chi connectivity index (χ1) is 9.69. The maximum atomic E-state index is 12.3. The molecular weight excluding hydrogens is 270 g/mol. The van der Waals surface area contributed by atoms with E-state index in [0.29, 0.717) is 6.42 Å². The van der Waals surface area contributed by atoms with Gasteiger partial charge in [0.2, 0.25) is 5.91 Å². The van der Waals surface area contributed by atoms with Crippen LogP contribution in [0, 0.1) is 0 Å². The zero-order chi connectivity index (χ0) is 14.4. The summed E-state index contributed by atoms with van der Waals surface area (Å²) in [5.74, 6) is 0.196. The fraction of sp³-hybridized carbons (Fsp3) is 0.562. The average molecular weight is 293 g/mol. The van der Waals surface area contributed by atoms with E-state index in [9.17, 15) is 4.79 Å². The van der Waals surface area contributed by atoms with Crippen molar-refractivity contribution in [2.75, 3.05) is 19.7 Å². The van der Waals surface area contributed by atoms with Crippen molar-refractivity contribution >= 4 is 18.5 Å². The van der Waals surface area contributed by atoms with E-state index in [1.165, 1.54) is 0 Å². The quantitative estimate of drug-likeness (QED) is 0.846. The summed E-state index contributed by atoms with van der Waals surface area (Å²) >= 11 is 4.26. The van der Waals surface area contributed by atoms with E-state index >= 15 is 0 Å². The molecule has 0 bridgehead atoms. The molecule has 0 aromatic heterocycles. The van der Waals surface area contributed by atoms with Gasteiger partial charge in [-0.3, -0.25) is 4.79 Å². The topological polar surface area (TPSA) is 29.5 Å². The van der Waals surface area contributed by atoms with Gasteiger partial charge in [0.15, 0.2) is 0 Å². The molecule has 1 aromatic carbocycles. The fourth-order valence-corrected chi connectivity index (χ4v) is 2.63. The molecule has 0 N–H and O–H groups in total. The molecular formula is C16H23NO2S. The maximum Gasteiger partial charge on any atom is 0.227 e. The Morgan fingerprint density at radius 2 is 2.15 bits per heavy atom. The number of likely N-dealkylation sites (tertiary alicyclic amines) is 1. The average Bonchev–Trinajstić information content (AvgIpc) is 2.48. The predicted molar refractivity (Wildman–Crippen MR) is 83.2 cm³/mol. The predicted octanol–water partition coefficient (Wildman–Crippen LogP) is 2.94. The van der Waals surface area contributed by atoms with Gasteiger partial charge in [0.1, 0.15) is 0 Å². The molecule has 1 heterocycles. The van der Waals surface area contributed by atoms with Crippen LogP contribution in [0.1, 0.15) is 31.7 Å². The standard InChI is InChI=1S/C16H23NO2S/c1-2-10-19-14-4-3-9-17(12-14)16(18)11-13-5-7-15(20)8-6-13/h5-8,14,20H,2-4,9-12H2,1H3. The van der Waals surface area contributed by atoms with Gasteiger partial charge in [-0.1, -0.05) is 19.1 Å². The highest BCUT2D eigenvalue weighted by Gasteiger charge is 2.23. The lowest BCUT2D eigenvalue weighted by Gasteiger charge is -2.32. The molecule has 1 saturated heterocycles. The summed E-state index contributed by atoms with van der Waals surface area (Å²) in [6.07, 6.45) is 3.82. The Kier molecular flexibility index (Phi) is 5.92. The Labute approximate surface area is 126 Å². The Morgan fingerprint density at radius 3 is 2.85 bits per heavy atom. The van der Waals surface area contributed by atoms with E-state index in [4.69, 9.17) is 4.74 Å². The van der Waals surface area contributed by atoms with Gasteiger partial charge in [-0.05, 0) is 37.0 Å². The molecule has 1 aliphatic heterocycles. The Bertz CT molecular complexity index is 433.